The van der Waals surface area contributed by atoms with Gasteiger partial charge in [-0.25, -0.2) is 4.98 Å². The zero-order valence-corrected chi connectivity index (χ0v) is 12.4. The van der Waals surface area contributed by atoms with E-state index in [1.54, 1.807) is 24.4 Å². The van der Waals surface area contributed by atoms with Gasteiger partial charge in [0.1, 0.15) is 0 Å². The molecule has 1 aromatic carbocycles. The number of nitrogens with zero attached hydrogens (tertiary/aromatic N) is 3. The number of rotatable bonds is 4. The van der Waals surface area contributed by atoms with Crippen molar-refractivity contribution in [3.8, 4) is 11.7 Å². The molecule has 2 heterocycles. The fourth-order valence-corrected chi connectivity index (χ4v) is 2.29. The van der Waals surface area contributed by atoms with Crippen molar-refractivity contribution in [1.82, 2.24) is 14.8 Å². The van der Waals surface area contributed by atoms with Crippen molar-refractivity contribution >= 4 is 11.6 Å². The van der Waals surface area contributed by atoms with Crippen LogP contribution in [0, 0.1) is 0 Å². The molecule has 2 aromatic heterocycles. The maximum Gasteiger partial charge on any atom is 0.215 e. The van der Waals surface area contributed by atoms with E-state index in [-0.39, 0.29) is 12.5 Å². The quantitative estimate of drug-likeness (QED) is 0.776. The van der Waals surface area contributed by atoms with Gasteiger partial charge in [-0.15, -0.1) is 0 Å². The highest BCUT2D eigenvalue weighted by Gasteiger charge is 2.10. The Morgan fingerprint density at radius 3 is 2.55 bits per heavy atom. The van der Waals surface area contributed by atoms with E-state index < -0.39 is 0 Å². The lowest BCUT2D eigenvalue weighted by Crippen LogP contribution is -2.01. The molecule has 0 bridgehead atoms. The third kappa shape index (κ3) is 3.10. The van der Waals surface area contributed by atoms with Crippen LogP contribution in [-0.4, -0.2) is 25.0 Å². The Bertz CT molecular complexity index is 784. The molecule has 0 aliphatic carbocycles. The first kappa shape index (κ1) is 14.6. The molecular weight excluding hydrogens is 302 g/mol. The monoisotopic (exact) mass is 315 g/mol. The molecule has 0 atom stereocenters. The Balaban J connectivity index is 1.88. The minimum atomic E-state index is -0.0881. The van der Waals surface area contributed by atoms with Crippen LogP contribution in [0.5, 0.6) is 5.88 Å². The Kier molecular flexibility index (Phi) is 4.09. The van der Waals surface area contributed by atoms with Gasteiger partial charge in [-0.2, -0.15) is 9.78 Å². The molecule has 0 amide bonds. The van der Waals surface area contributed by atoms with Gasteiger partial charge < -0.3 is 10.2 Å². The molecule has 3 aromatic rings. The molecule has 22 heavy (non-hydrogen) atoms. The number of aliphatic hydroxyl groups excluding tert-OH is 1. The second kappa shape index (κ2) is 6.17. The molecule has 112 valence electrons. The van der Waals surface area contributed by atoms with Gasteiger partial charge in [-0.05, 0) is 35.4 Å². The van der Waals surface area contributed by atoms with Gasteiger partial charge in [-0.1, -0.05) is 23.7 Å². The number of halogens is 1. The highest BCUT2D eigenvalue weighted by molar-refractivity contribution is 6.30. The summed E-state index contributed by atoms with van der Waals surface area (Å²) in [4.78, 5) is 4.16. The van der Waals surface area contributed by atoms with Crippen LogP contribution in [0.2, 0.25) is 5.02 Å². The predicted molar refractivity (Wildman–Crippen MR) is 83.2 cm³/mol. The summed E-state index contributed by atoms with van der Waals surface area (Å²) in [6, 6.07) is 12.5. The van der Waals surface area contributed by atoms with Crippen molar-refractivity contribution in [3.05, 3.63) is 70.5 Å². The smallest absolute Gasteiger partial charge is 0.215 e. The Hall–Kier alpha value is -2.37. The van der Waals surface area contributed by atoms with E-state index in [2.05, 4.69) is 10.1 Å². The Morgan fingerprint density at radius 1 is 1.05 bits per heavy atom. The summed E-state index contributed by atoms with van der Waals surface area (Å²) >= 11 is 5.86. The summed E-state index contributed by atoms with van der Waals surface area (Å²) in [5, 5.41) is 24.3. The topological polar surface area (TPSA) is 71.2 Å². The third-order valence-electron chi connectivity index (χ3n) is 3.25. The number of aromatic hydroxyl groups is 1. The van der Waals surface area contributed by atoms with Crippen LogP contribution in [0.3, 0.4) is 0 Å². The van der Waals surface area contributed by atoms with Crippen molar-refractivity contribution in [3.63, 3.8) is 0 Å². The van der Waals surface area contributed by atoms with E-state index in [0.29, 0.717) is 22.8 Å². The van der Waals surface area contributed by atoms with E-state index in [0.717, 1.165) is 11.3 Å². The molecular formula is C16H14ClN3O2. The SMILES string of the molecule is OCc1ccnc(-n2nc(Cc3ccc(Cl)cc3)cc2O)c1. The van der Waals surface area contributed by atoms with E-state index in [1.165, 1.54) is 4.68 Å². The first-order valence-electron chi connectivity index (χ1n) is 6.74. The summed E-state index contributed by atoms with van der Waals surface area (Å²) < 4.78 is 1.35. The first-order valence-corrected chi connectivity index (χ1v) is 7.12. The molecule has 0 fully saturated rings. The number of benzene rings is 1. The second-order valence-electron chi connectivity index (χ2n) is 4.89. The van der Waals surface area contributed by atoms with Gasteiger partial charge >= 0.3 is 0 Å². The van der Waals surface area contributed by atoms with Gasteiger partial charge in [-0.3, -0.25) is 0 Å². The van der Waals surface area contributed by atoms with Crippen molar-refractivity contribution in [2.24, 2.45) is 0 Å². The average Bonchev–Trinajstić information content (AvgIpc) is 2.90. The normalized spacial score (nSPS) is 10.8. The lowest BCUT2D eigenvalue weighted by atomic mass is 10.1. The van der Waals surface area contributed by atoms with Crippen LogP contribution in [0.25, 0.3) is 5.82 Å². The molecule has 0 saturated heterocycles. The highest BCUT2D eigenvalue weighted by atomic mass is 35.5. The largest absolute Gasteiger partial charge is 0.493 e. The van der Waals surface area contributed by atoms with Crippen LogP contribution in [0.1, 0.15) is 16.8 Å². The maximum absolute atomic E-state index is 10.0. The number of hydrogen-bond donors (Lipinski definition) is 2. The summed E-state index contributed by atoms with van der Waals surface area (Å²) in [6.45, 7) is -0.0881. The molecule has 0 unspecified atom stereocenters. The number of hydrogen-bond acceptors (Lipinski definition) is 4. The standard InChI is InChI=1S/C16H14ClN3O2/c17-13-3-1-11(2-4-13)7-14-9-16(22)20(19-14)15-8-12(10-21)5-6-18-15/h1-6,8-9,21-22H,7,10H2. The molecule has 0 spiro atoms. The molecule has 0 aliphatic heterocycles. The van der Waals surface area contributed by atoms with Crippen LogP contribution >= 0.6 is 11.6 Å². The van der Waals surface area contributed by atoms with Crippen molar-refractivity contribution in [1.29, 1.82) is 0 Å². The van der Waals surface area contributed by atoms with Crippen LogP contribution < -0.4 is 0 Å². The van der Waals surface area contributed by atoms with Crippen molar-refractivity contribution in [2.45, 2.75) is 13.0 Å². The minimum absolute atomic E-state index is 0.00607. The van der Waals surface area contributed by atoms with Gasteiger partial charge in [0.05, 0.1) is 12.3 Å². The molecule has 2 N–H and O–H groups in total. The van der Waals surface area contributed by atoms with Gasteiger partial charge in [0.15, 0.2) is 5.82 Å². The molecule has 0 saturated carbocycles. The Morgan fingerprint density at radius 2 is 1.82 bits per heavy atom. The van der Waals surface area contributed by atoms with Crippen molar-refractivity contribution in [2.75, 3.05) is 0 Å². The predicted octanol–water partition coefficient (Wildman–Crippen LogP) is 2.71. The lowest BCUT2D eigenvalue weighted by Gasteiger charge is -2.03. The van der Waals surface area contributed by atoms with Crippen LogP contribution in [-0.2, 0) is 13.0 Å². The number of pyridine rings is 1. The number of aromatic nitrogens is 3. The van der Waals surface area contributed by atoms with E-state index in [9.17, 15) is 5.11 Å². The van der Waals surface area contributed by atoms with Crippen LogP contribution in [0.15, 0.2) is 48.7 Å². The maximum atomic E-state index is 10.0. The zero-order chi connectivity index (χ0) is 15.5. The summed E-state index contributed by atoms with van der Waals surface area (Å²) in [7, 11) is 0. The lowest BCUT2D eigenvalue weighted by molar-refractivity contribution is 0.281. The summed E-state index contributed by atoms with van der Waals surface area (Å²) in [5.74, 6) is 0.470. The highest BCUT2D eigenvalue weighted by Crippen LogP contribution is 2.20. The van der Waals surface area contributed by atoms with E-state index in [1.807, 2.05) is 24.3 Å². The fourth-order valence-electron chi connectivity index (χ4n) is 2.16. The molecule has 6 heteroatoms. The fraction of sp³-hybridized carbons (Fsp3) is 0.125. The van der Waals surface area contributed by atoms with Gasteiger partial charge in [0, 0.05) is 23.7 Å². The summed E-state index contributed by atoms with van der Waals surface area (Å²) in [5.41, 5.74) is 2.47. The molecule has 0 aliphatic rings. The van der Waals surface area contributed by atoms with Gasteiger partial charge in [0.2, 0.25) is 5.88 Å². The zero-order valence-electron chi connectivity index (χ0n) is 11.6. The van der Waals surface area contributed by atoms with Crippen LogP contribution in [0.4, 0.5) is 0 Å². The Labute approximate surface area is 132 Å². The number of aliphatic hydroxyl groups is 1. The molecule has 0 radical (unpaired) electrons. The molecule has 3 rings (SSSR count). The first-order chi connectivity index (χ1) is 10.7. The van der Waals surface area contributed by atoms with E-state index >= 15 is 0 Å². The average molecular weight is 316 g/mol. The molecule has 5 nitrogen and oxygen atoms in total. The minimum Gasteiger partial charge on any atom is -0.493 e. The van der Waals surface area contributed by atoms with E-state index in [4.69, 9.17) is 16.7 Å². The summed E-state index contributed by atoms with van der Waals surface area (Å²) in [6.07, 6.45) is 2.15. The second-order valence-corrected chi connectivity index (χ2v) is 5.33. The third-order valence-corrected chi connectivity index (χ3v) is 3.50. The van der Waals surface area contributed by atoms with Gasteiger partial charge in [0.25, 0.3) is 0 Å². The van der Waals surface area contributed by atoms with Crippen molar-refractivity contribution < 1.29 is 10.2 Å².